The van der Waals surface area contributed by atoms with Crippen LogP contribution in [0.2, 0.25) is 0 Å². The highest BCUT2D eigenvalue weighted by atomic mass is 32.1. The molecule has 4 aromatic rings. The van der Waals surface area contributed by atoms with Crippen LogP contribution in [0.5, 0.6) is 0 Å². The molecule has 0 saturated heterocycles. The van der Waals surface area contributed by atoms with E-state index in [0.717, 1.165) is 37.9 Å². The van der Waals surface area contributed by atoms with Crippen molar-refractivity contribution < 1.29 is 4.79 Å². The molecule has 0 radical (unpaired) electrons. The summed E-state index contributed by atoms with van der Waals surface area (Å²) < 4.78 is 2.10. The van der Waals surface area contributed by atoms with Crippen molar-refractivity contribution in [2.45, 2.75) is 6.92 Å². The summed E-state index contributed by atoms with van der Waals surface area (Å²) >= 11 is 1.62. The van der Waals surface area contributed by atoms with Crippen LogP contribution in [0, 0.1) is 6.92 Å². The van der Waals surface area contributed by atoms with Gasteiger partial charge >= 0.3 is 0 Å². The van der Waals surface area contributed by atoms with Gasteiger partial charge in [-0.1, -0.05) is 12.1 Å². The number of hydrogen-bond acceptors (Lipinski definition) is 6. The van der Waals surface area contributed by atoms with E-state index < -0.39 is 0 Å². The number of imidazole rings is 1. The number of anilines is 1. The van der Waals surface area contributed by atoms with Crippen LogP contribution in [0.15, 0.2) is 36.5 Å². The van der Waals surface area contributed by atoms with Gasteiger partial charge in [-0.3, -0.25) is 14.6 Å². The smallest absolute Gasteiger partial charge is 0.265 e. The van der Waals surface area contributed by atoms with Gasteiger partial charge in [0.1, 0.15) is 10.3 Å². The number of nitrogens with one attached hydrogen (secondary N) is 2. The summed E-state index contributed by atoms with van der Waals surface area (Å²) in [5, 5.41) is 3.10. The molecule has 0 bridgehead atoms. The number of nitrogens with two attached hydrogens (primary N) is 1. The second kappa shape index (κ2) is 5.83. The Balaban J connectivity index is 1.94. The molecular weight excluding hydrogens is 336 g/mol. The Morgan fingerprint density at radius 1 is 1.32 bits per heavy atom. The lowest BCUT2D eigenvalue weighted by atomic mass is 10.1. The van der Waals surface area contributed by atoms with Crippen LogP contribution in [-0.2, 0) is 0 Å². The number of nitrogen functional groups attached to an aromatic ring is 1. The van der Waals surface area contributed by atoms with Crippen molar-refractivity contribution in [3.63, 3.8) is 0 Å². The number of amides is 1. The molecule has 126 valence electrons. The highest BCUT2D eigenvalue weighted by Gasteiger charge is 2.15. The van der Waals surface area contributed by atoms with Crippen molar-refractivity contribution in [2.75, 3.05) is 12.4 Å². The predicted octanol–water partition coefficient (Wildman–Crippen LogP) is 2.56. The van der Waals surface area contributed by atoms with Crippen molar-refractivity contribution in [2.24, 2.45) is 5.84 Å². The van der Waals surface area contributed by atoms with E-state index in [1.807, 2.05) is 44.4 Å². The zero-order valence-electron chi connectivity index (χ0n) is 13.7. The molecule has 1 aromatic carbocycles. The molecule has 0 unspecified atom stereocenters. The van der Waals surface area contributed by atoms with Gasteiger partial charge in [0.2, 0.25) is 0 Å². The standard InChI is InChI=1S/C17H16N6OS/c1-9-8-20-15-14(19-2)21-12-7-13(25-17(12)23(9)15)10-4-3-5-11(6-10)16(24)22-18/h3-8H,18H2,1-2H3,(H,19,21)(H,22,24). The first-order valence-corrected chi connectivity index (χ1v) is 8.50. The average molecular weight is 352 g/mol. The lowest BCUT2D eigenvalue weighted by Gasteiger charge is -2.04. The maximum atomic E-state index is 11.8. The van der Waals surface area contributed by atoms with Crippen LogP contribution in [0.25, 0.3) is 26.4 Å². The molecule has 1 amide bonds. The number of rotatable bonds is 3. The van der Waals surface area contributed by atoms with Gasteiger partial charge < -0.3 is 5.32 Å². The topological polar surface area (TPSA) is 97.3 Å². The number of aromatic nitrogens is 3. The van der Waals surface area contributed by atoms with Crippen LogP contribution in [-0.4, -0.2) is 27.3 Å². The number of carbonyl (C=O) groups excluding carboxylic acids is 1. The second-order valence-corrected chi connectivity index (χ2v) is 6.65. The molecule has 25 heavy (non-hydrogen) atoms. The predicted molar refractivity (Wildman–Crippen MR) is 99.7 cm³/mol. The van der Waals surface area contributed by atoms with E-state index in [0.29, 0.717) is 5.56 Å². The number of nitrogens with zero attached hydrogens (tertiary/aromatic N) is 3. The molecule has 4 rings (SSSR count). The fourth-order valence-corrected chi connectivity index (χ4v) is 4.00. The maximum Gasteiger partial charge on any atom is 0.265 e. The Kier molecular flexibility index (Phi) is 3.63. The molecule has 3 heterocycles. The first kappa shape index (κ1) is 15.6. The Morgan fingerprint density at radius 3 is 2.92 bits per heavy atom. The van der Waals surface area contributed by atoms with Gasteiger partial charge in [-0.15, -0.1) is 11.3 Å². The zero-order valence-corrected chi connectivity index (χ0v) is 14.5. The molecule has 0 aliphatic heterocycles. The van der Waals surface area contributed by atoms with Gasteiger partial charge in [-0.05, 0) is 30.7 Å². The van der Waals surface area contributed by atoms with E-state index >= 15 is 0 Å². The van der Waals surface area contributed by atoms with Crippen LogP contribution >= 0.6 is 11.3 Å². The van der Waals surface area contributed by atoms with E-state index in [-0.39, 0.29) is 5.91 Å². The number of carbonyl (C=O) groups is 1. The maximum absolute atomic E-state index is 11.8. The summed E-state index contributed by atoms with van der Waals surface area (Å²) in [6.07, 6.45) is 1.84. The molecule has 0 aliphatic carbocycles. The number of thiophene rings is 1. The number of fused-ring (bicyclic) bond motifs is 3. The van der Waals surface area contributed by atoms with E-state index in [1.54, 1.807) is 17.4 Å². The summed E-state index contributed by atoms with van der Waals surface area (Å²) in [4.78, 5) is 22.9. The van der Waals surface area contributed by atoms with Crippen LogP contribution in [0.1, 0.15) is 16.1 Å². The number of benzene rings is 1. The van der Waals surface area contributed by atoms with Crippen LogP contribution in [0.4, 0.5) is 5.82 Å². The minimum Gasteiger partial charge on any atom is -0.370 e. The summed E-state index contributed by atoms with van der Waals surface area (Å²) in [6.45, 7) is 2.02. The van der Waals surface area contributed by atoms with Gasteiger partial charge in [0.25, 0.3) is 5.91 Å². The fourth-order valence-electron chi connectivity index (χ4n) is 2.85. The molecule has 3 aromatic heterocycles. The third-order valence-electron chi connectivity index (χ3n) is 4.06. The number of aryl methyl sites for hydroxylation is 1. The van der Waals surface area contributed by atoms with Crippen molar-refractivity contribution in [1.29, 1.82) is 0 Å². The minimum atomic E-state index is -0.314. The summed E-state index contributed by atoms with van der Waals surface area (Å²) in [6, 6.07) is 9.39. The molecule has 4 N–H and O–H groups in total. The molecule has 0 atom stereocenters. The third kappa shape index (κ3) is 2.43. The number of hydrazine groups is 1. The largest absolute Gasteiger partial charge is 0.370 e. The van der Waals surface area contributed by atoms with Gasteiger partial charge in [-0.25, -0.2) is 15.8 Å². The normalized spacial score (nSPS) is 11.2. The lowest BCUT2D eigenvalue weighted by Crippen LogP contribution is -2.29. The van der Waals surface area contributed by atoms with E-state index in [1.165, 1.54) is 0 Å². The molecule has 7 nitrogen and oxygen atoms in total. The minimum absolute atomic E-state index is 0.314. The average Bonchev–Trinajstić information content (AvgIpc) is 3.24. The van der Waals surface area contributed by atoms with Crippen molar-refractivity contribution >= 4 is 39.1 Å². The molecule has 8 heteroatoms. The quantitative estimate of drug-likeness (QED) is 0.299. The van der Waals surface area contributed by atoms with Gasteiger partial charge in [-0.2, -0.15) is 0 Å². The van der Waals surface area contributed by atoms with Crippen LogP contribution < -0.4 is 16.6 Å². The molecule has 0 aliphatic rings. The lowest BCUT2D eigenvalue weighted by molar-refractivity contribution is 0.0953. The summed E-state index contributed by atoms with van der Waals surface area (Å²) in [5.74, 6) is 5.65. The molecule has 0 fully saturated rings. The molecular formula is C17H16N6OS. The van der Waals surface area contributed by atoms with Gasteiger partial charge in [0.15, 0.2) is 11.5 Å². The van der Waals surface area contributed by atoms with Crippen molar-refractivity contribution in [3.8, 4) is 10.4 Å². The van der Waals surface area contributed by atoms with Crippen molar-refractivity contribution in [1.82, 2.24) is 19.8 Å². The van der Waals surface area contributed by atoms with Gasteiger partial charge in [0, 0.05) is 29.4 Å². The number of hydrogen-bond donors (Lipinski definition) is 3. The Morgan fingerprint density at radius 2 is 2.16 bits per heavy atom. The van der Waals surface area contributed by atoms with E-state index in [2.05, 4.69) is 25.1 Å². The van der Waals surface area contributed by atoms with Crippen LogP contribution in [0.3, 0.4) is 0 Å². The first-order valence-electron chi connectivity index (χ1n) is 7.69. The van der Waals surface area contributed by atoms with Crippen molar-refractivity contribution in [3.05, 3.63) is 47.8 Å². The SMILES string of the molecule is CNc1nc2cc(-c3cccc(C(=O)NN)c3)sc2n2c(C)cnc12. The van der Waals surface area contributed by atoms with E-state index in [4.69, 9.17) is 5.84 Å². The summed E-state index contributed by atoms with van der Waals surface area (Å²) in [7, 11) is 1.83. The summed E-state index contributed by atoms with van der Waals surface area (Å²) in [5.41, 5.74) is 6.35. The zero-order chi connectivity index (χ0) is 17.6. The molecule has 0 saturated carbocycles. The highest BCUT2D eigenvalue weighted by Crippen LogP contribution is 2.35. The Labute approximate surface area is 147 Å². The Hall–Kier alpha value is -2.97. The second-order valence-electron chi connectivity index (χ2n) is 5.62. The molecule has 0 spiro atoms. The van der Waals surface area contributed by atoms with Gasteiger partial charge in [0.05, 0.1) is 0 Å². The third-order valence-corrected chi connectivity index (χ3v) is 5.21. The highest BCUT2D eigenvalue weighted by molar-refractivity contribution is 7.21. The first-order chi connectivity index (χ1) is 12.1. The monoisotopic (exact) mass is 352 g/mol. The Bertz CT molecular complexity index is 1110. The fraction of sp³-hybridized carbons (Fsp3) is 0.118. The van der Waals surface area contributed by atoms with E-state index in [9.17, 15) is 4.79 Å².